The summed E-state index contributed by atoms with van der Waals surface area (Å²) in [7, 11) is 0. The van der Waals surface area contributed by atoms with Crippen LogP contribution in [0.4, 0.5) is 0 Å². The molecular formula is C16H23NO3. The van der Waals surface area contributed by atoms with Gasteiger partial charge < -0.3 is 15.2 Å². The van der Waals surface area contributed by atoms with E-state index in [1.54, 1.807) is 0 Å². The zero-order valence-corrected chi connectivity index (χ0v) is 12.2. The maximum atomic E-state index is 12.2. The first-order chi connectivity index (χ1) is 9.65. The van der Waals surface area contributed by atoms with E-state index in [0.29, 0.717) is 18.0 Å². The molecule has 0 radical (unpaired) electrons. The number of fused-ring (bicyclic) bond motifs is 1. The fourth-order valence-corrected chi connectivity index (χ4v) is 2.48. The van der Waals surface area contributed by atoms with Crippen LogP contribution < -0.4 is 10.1 Å². The number of benzene rings is 1. The lowest BCUT2D eigenvalue weighted by atomic mass is 9.97. The fourth-order valence-electron chi connectivity index (χ4n) is 2.48. The molecule has 0 bridgehead atoms. The third-order valence-corrected chi connectivity index (χ3v) is 3.91. The SMILES string of the molecule is CC1Oc2c(C(=O)NCCCCCO)cccc2C1C. The van der Waals surface area contributed by atoms with Crippen LogP contribution in [0.25, 0.3) is 0 Å². The first kappa shape index (κ1) is 14.9. The summed E-state index contributed by atoms with van der Waals surface area (Å²) in [4.78, 5) is 12.2. The van der Waals surface area contributed by atoms with Gasteiger partial charge in [0.25, 0.3) is 5.91 Å². The number of nitrogens with one attached hydrogen (secondary N) is 1. The Morgan fingerprint density at radius 1 is 1.30 bits per heavy atom. The highest BCUT2D eigenvalue weighted by Crippen LogP contribution is 2.40. The van der Waals surface area contributed by atoms with E-state index in [1.165, 1.54) is 0 Å². The highest BCUT2D eigenvalue weighted by atomic mass is 16.5. The molecule has 2 rings (SSSR count). The molecule has 1 aromatic carbocycles. The average Bonchev–Trinajstić information content (AvgIpc) is 2.74. The summed E-state index contributed by atoms with van der Waals surface area (Å²) in [5.74, 6) is 0.981. The number of amides is 1. The Bertz CT molecular complexity index is 473. The molecule has 1 amide bonds. The zero-order valence-electron chi connectivity index (χ0n) is 12.2. The van der Waals surface area contributed by atoms with Crippen LogP contribution in [0.1, 0.15) is 54.9 Å². The molecule has 0 aliphatic carbocycles. The number of ether oxygens (including phenoxy) is 1. The molecule has 110 valence electrons. The van der Waals surface area contributed by atoms with Gasteiger partial charge in [-0.05, 0) is 32.3 Å². The van der Waals surface area contributed by atoms with Crippen LogP contribution in [-0.2, 0) is 0 Å². The molecule has 1 aliphatic rings. The number of para-hydroxylation sites is 1. The number of aliphatic hydroxyl groups excluding tert-OH is 1. The van der Waals surface area contributed by atoms with E-state index in [0.717, 1.165) is 30.6 Å². The summed E-state index contributed by atoms with van der Waals surface area (Å²) in [5, 5.41) is 11.6. The molecule has 0 spiro atoms. The van der Waals surface area contributed by atoms with Crippen LogP contribution in [0.3, 0.4) is 0 Å². The maximum absolute atomic E-state index is 12.2. The summed E-state index contributed by atoms with van der Waals surface area (Å²) >= 11 is 0. The van der Waals surface area contributed by atoms with E-state index in [-0.39, 0.29) is 18.6 Å². The minimum atomic E-state index is -0.0767. The molecule has 4 heteroatoms. The van der Waals surface area contributed by atoms with Gasteiger partial charge in [-0.15, -0.1) is 0 Å². The lowest BCUT2D eigenvalue weighted by molar-refractivity contribution is 0.0948. The van der Waals surface area contributed by atoms with Crippen molar-refractivity contribution >= 4 is 5.91 Å². The van der Waals surface area contributed by atoms with Crippen LogP contribution >= 0.6 is 0 Å². The summed E-state index contributed by atoms with van der Waals surface area (Å²) in [6.45, 7) is 4.99. The molecule has 2 N–H and O–H groups in total. The minimum absolute atomic E-state index is 0.0767. The van der Waals surface area contributed by atoms with Crippen molar-refractivity contribution in [1.29, 1.82) is 0 Å². The van der Waals surface area contributed by atoms with E-state index < -0.39 is 0 Å². The summed E-state index contributed by atoms with van der Waals surface area (Å²) in [5.41, 5.74) is 1.74. The second-order valence-electron chi connectivity index (χ2n) is 5.38. The first-order valence-electron chi connectivity index (χ1n) is 7.33. The van der Waals surface area contributed by atoms with E-state index in [1.807, 2.05) is 25.1 Å². The van der Waals surface area contributed by atoms with Crippen molar-refractivity contribution in [1.82, 2.24) is 5.32 Å². The Labute approximate surface area is 120 Å². The van der Waals surface area contributed by atoms with Crippen molar-refractivity contribution in [3.05, 3.63) is 29.3 Å². The van der Waals surface area contributed by atoms with Gasteiger partial charge in [0, 0.05) is 24.6 Å². The van der Waals surface area contributed by atoms with Gasteiger partial charge in [-0.3, -0.25) is 4.79 Å². The molecule has 0 fully saturated rings. The molecule has 1 aliphatic heterocycles. The van der Waals surface area contributed by atoms with Crippen LogP contribution in [0.5, 0.6) is 5.75 Å². The number of unbranched alkanes of at least 4 members (excludes halogenated alkanes) is 2. The average molecular weight is 277 g/mol. The normalized spacial score (nSPS) is 20.4. The van der Waals surface area contributed by atoms with Crippen molar-refractivity contribution in [2.75, 3.05) is 13.2 Å². The van der Waals surface area contributed by atoms with Gasteiger partial charge in [0.2, 0.25) is 0 Å². The molecule has 4 nitrogen and oxygen atoms in total. The fraction of sp³-hybridized carbons (Fsp3) is 0.562. The Morgan fingerprint density at radius 3 is 2.85 bits per heavy atom. The van der Waals surface area contributed by atoms with Gasteiger partial charge in [-0.1, -0.05) is 19.1 Å². The second-order valence-corrected chi connectivity index (χ2v) is 5.38. The Morgan fingerprint density at radius 2 is 2.10 bits per heavy atom. The smallest absolute Gasteiger partial charge is 0.255 e. The van der Waals surface area contributed by atoms with Gasteiger partial charge in [0.05, 0.1) is 5.56 Å². The van der Waals surface area contributed by atoms with Crippen LogP contribution in [0, 0.1) is 0 Å². The number of hydrogen-bond donors (Lipinski definition) is 2. The number of carbonyl (C=O) groups is 1. The predicted molar refractivity (Wildman–Crippen MR) is 78.2 cm³/mol. The Hall–Kier alpha value is -1.55. The third-order valence-electron chi connectivity index (χ3n) is 3.91. The molecule has 0 aromatic heterocycles. The molecular weight excluding hydrogens is 254 g/mol. The highest BCUT2D eigenvalue weighted by Gasteiger charge is 2.30. The van der Waals surface area contributed by atoms with Crippen molar-refractivity contribution in [3.63, 3.8) is 0 Å². The molecule has 0 saturated carbocycles. The van der Waals surface area contributed by atoms with Crippen molar-refractivity contribution in [3.8, 4) is 5.75 Å². The molecule has 1 heterocycles. The van der Waals surface area contributed by atoms with Crippen LogP contribution in [0.2, 0.25) is 0 Å². The van der Waals surface area contributed by atoms with Crippen LogP contribution in [0.15, 0.2) is 18.2 Å². The molecule has 0 saturated heterocycles. The number of hydrogen-bond acceptors (Lipinski definition) is 3. The maximum Gasteiger partial charge on any atom is 0.255 e. The van der Waals surface area contributed by atoms with Gasteiger partial charge in [0.15, 0.2) is 0 Å². The monoisotopic (exact) mass is 277 g/mol. The second kappa shape index (κ2) is 6.75. The van der Waals surface area contributed by atoms with Gasteiger partial charge in [-0.2, -0.15) is 0 Å². The third kappa shape index (κ3) is 3.12. The molecule has 20 heavy (non-hydrogen) atoms. The predicted octanol–water partition coefficient (Wildman–Crippen LogP) is 2.46. The molecule has 2 atom stereocenters. The van der Waals surface area contributed by atoms with Gasteiger partial charge in [-0.25, -0.2) is 0 Å². The summed E-state index contributed by atoms with van der Waals surface area (Å²) in [6.07, 6.45) is 2.71. The van der Waals surface area contributed by atoms with Gasteiger partial charge >= 0.3 is 0 Å². The van der Waals surface area contributed by atoms with Crippen molar-refractivity contribution in [2.45, 2.75) is 45.1 Å². The van der Waals surface area contributed by atoms with Gasteiger partial charge in [0.1, 0.15) is 11.9 Å². The van der Waals surface area contributed by atoms with E-state index in [9.17, 15) is 4.79 Å². The molecule has 2 unspecified atom stereocenters. The van der Waals surface area contributed by atoms with E-state index in [4.69, 9.17) is 9.84 Å². The summed E-state index contributed by atoms with van der Waals surface area (Å²) < 4.78 is 5.82. The van der Waals surface area contributed by atoms with Crippen molar-refractivity contribution < 1.29 is 14.6 Å². The number of rotatable bonds is 6. The molecule has 1 aromatic rings. The zero-order chi connectivity index (χ0) is 14.5. The highest BCUT2D eigenvalue weighted by molar-refractivity contribution is 5.97. The Balaban J connectivity index is 1.98. The first-order valence-corrected chi connectivity index (χ1v) is 7.33. The minimum Gasteiger partial charge on any atom is -0.489 e. The Kier molecular flexibility index (Phi) is 5.01. The van der Waals surface area contributed by atoms with Crippen LogP contribution in [-0.4, -0.2) is 30.3 Å². The van der Waals surface area contributed by atoms with E-state index >= 15 is 0 Å². The largest absolute Gasteiger partial charge is 0.489 e. The van der Waals surface area contributed by atoms with E-state index in [2.05, 4.69) is 12.2 Å². The number of aliphatic hydroxyl groups is 1. The quantitative estimate of drug-likeness (QED) is 0.785. The lowest BCUT2D eigenvalue weighted by Gasteiger charge is -2.10. The van der Waals surface area contributed by atoms with Crippen molar-refractivity contribution in [2.24, 2.45) is 0 Å². The number of carbonyl (C=O) groups excluding carboxylic acids is 1. The topological polar surface area (TPSA) is 58.6 Å². The lowest BCUT2D eigenvalue weighted by Crippen LogP contribution is -2.25. The summed E-state index contributed by atoms with van der Waals surface area (Å²) in [6, 6.07) is 5.76. The standard InChI is InChI=1S/C16H23NO3/c1-11-12(2)20-15-13(11)7-6-8-14(15)16(19)17-9-4-3-5-10-18/h6-8,11-12,18H,3-5,9-10H2,1-2H3,(H,17,19).